The van der Waals surface area contributed by atoms with Crippen LogP contribution in [0.2, 0.25) is 0 Å². The van der Waals surface area contributed by atoms with Crippen molar-refractivity contribution in [3.63, 3.8) is 0 Å². The summed E-state index contributed by atoms with van der Waals surface area (Å²) in [6, 6.07) is 9.97. The Bertz CT molecular complexity index is 1560. The SMILES string of the molecule is CCCCOC(=O)C(CC(C)(C)C(C)c1ccccc1)C(C)(C)C(C)(C)CC(C)(C(=O)OCC(F)(F)C(F)(F)F)C(C)(C)ON1C(C)(CC)CC(=O)C(C)C1(C)CC. The number of Topliss-reactive ketones (excluding diaryl/α,β-unsaturated/α-hetero) is 1. The molecule has 1 fully saturated rings. The second-order valence-electron chi connectivity index (χ2n) is 20.1. The third-order valence-corrected chi connectivity index (χ3v) is 14.9. The van der Waals surface area contributed by atoms with Gasteiger partial charge in [0.1, 0.15) is 11.4 Å². The summed E-state index contributed by atoms with van der Waals surface area (Å²) in [5.41, 5.74) is -6.59. The van der Waals surface area contributed by atoms with E-state index in [4.69, 9.17) is 14.3 Å². The lowest BCUT2D eigenvalue weighted by Crippen LogP contribution is -2.69. The number of benzene rings is 1. The third-order valence-electron chi connectivity index (χ3n) is 14.9. The summed E-state index contributed by atoms with van der Waals surface area (Å²) in [6.07, 6.45) is -3.15. The number of esters is 2. The van der Waals surface area contributed by atoms with E-state index in [9.17, 15) is 36.3 Å². The molecule has 58 heavy (non-hydrogen) atoms. The molecule has 1 heterocycles. The molecule has 0 spiro atoms. The van der Waals surface area contributed by atoms with Crippen LogP contribution in [0.1, 0.15) is 167 Å². The van der Waals surface area contributed by atoms with Crippen molar-refractivity contribution in [2.45, 2.75) is 190 Å². The number of rotatable bonds is 20. The van der Waals surface area contributed by atoms with Crippen LogP contribution < -0.4 is 0 Å². The highest BCUT2D eigenvalue weighted by Gasteiger charge is 2.63. The molecule has 0 amide bonds. The Hall–Kier alpha value is -2.60. The highest BCUT2D eigenvalue weighted by atomic mass is 19.4. The van der Waals surface area contributed by atoms with Gasteiger partial charge in [0.05, 0.1) is 29.0 Å². The second kappa shape index (κ2) is 18.2. The van der Waals surface area contributed by atoms with Crippen molar-refractivity contribution in [2.24, 2.45) is 33.5 Å². The van der Waals surface area contributed by atoms with E-state index in [-0.39, 0.29) is 31.1 Å². The molecule has 0 N–H and O–H groups in total. The van der Waals surface area contributed by atoms with Crippen molar-refractivity contribution >= 4 is 17.7 Å². The van der Waals surface area contributed by atoms with Gasteiger partial charge in [0.2, 0.25) is 0 Å². The molecule has 334 valence electrons. The minimum absolute atomic E-state index is 0.0148. The molecule has 0 aliphatic carbocycles. The number of alkyl halides is 5. The van der Waals surface area contributed by atoms with Gasteiger partial charge in [-0.25, -0.2) is 0 Å². The van der Waals surface area contributed by atoms with Gasteiger partial charge in [-0.2, -0.15) is 27.0 Å². The van der Waals surface area contributed by atoms with Gasteiger partial charge in [0.25, 0.3) is 0 Å². The zero-order valence-electron chi connectivity index (χ0n) is 38.3. The minimum atomic E-state index is -5.95. The van der Waals surface area contributed by atoms with E-state index >= 15 is 0 Å². The average Bonchev–Trinajstić information content (AvgIpc) is 3.12. The van der Waals surface area contributed by atoms with Crippen LogP contribution in [0.25, 0.3) is 0 Å². The number of nitrogens with zero attached hydrogens (tertiary/aromatic N) is 1. The number of hydroxylamine groups is 2. The normalized spacial score (nSPS) is 23.9. The predicted molar refractivity (Wildman–Crippen MR) is 218 cm³/mol. The van der Waals surface area contributed by atoms with Crippen LogP contribution >= 0.6 is 0 Å². The number of hydrogen-bond acceptors (Lipinski definition) is 7. The van der Waals surface area contributed by atoms with Gasteiger partial charge in [0.15, 0.2) is 6.61 Å². The Morgan fingerprint density at radius 3 is 1.91 bits per heavy atom. The van der Waals surface area contributed by atoms with Crippen molar-refractivity contribution in [2.75, 3.05) is 13.2 Å². The molecule has 1 aromatic carbocycles. The number of unbranched alkanes of at least 4 members (excludes halogenated alkanes) is 1. The molecular formula is C46H74F5NO6. The quantitative estimate of drug-likeness (QED) is 0.0735. The summed E-state index contributed by atoms with van der Waals surface area (Å²) in [4.78, 5) is 49.2. The van der Waals surface area contributed by atoms with Crippen molar-refractivity contribution < 1.29 is 50.6 Å². The summed E-state index contributed by atoms with van der Waals surface area (Å²) in [6.45, 7) is 28.0. The topological polar surface area (TPSA) is 82.1 Å². The van der Waals surface area contributed by atoms with E-state index in [2.05, 4.69) is 20.8 Å². The highest BCUT2D eigenvalue weighted by Crippen LogP contribution is 2.58. The first kappa shape index (κ1) is 51.5. The van der Waals surface area contributed by atoms with E-state index in [1.165, 1.54) is 6.92 Å². The van der Waals surface area contributed by atoms with Gasteiger partial charge in [-0.3, -0.25) is 19.2 Å². The van der Waals surface area contributed by atoms with Gasteiger partial charge in [0, 0.05) is 12.3 Å². The number of carbonyl (C=O) groups excluding carboxylic acids is 3. The van der Waals surface area contributed by atoms with E-state index in [1.807, 2.05) is 99.6 Å². The molecule has 1 aromatic rings. The molecule has 2 rings (SSSR count). The first-order valence-electron chi connectivity index (χ1n) is 21.0. The van der Waals surface area contributed by atoms with Gasteiger partial charge in [-0.15, -0.1) is 0 Å². The lowest BCUT2D eigenvalue weighted by Gasteiger charge is -2.60. The first-order valence-corrected chi connectivity index (χ1v) is 21.0. The Morgan fingerprint density at radius 2 is 1.43 bits per heavy atom. The van der Waals surface area contributed by atoms with Gasteiger partial charge >= 0.3 is 24.0 Å². The Kier molecular flexibility index (Phi) is 16.1. The number of carbonyl (C=O) groups is 3. The number of piperidine rings is 1. The van der Waals surface area contributed by atoms with Gasteiger partial charge in [-0.1, -0.05) is 113 Å². The lowest BCUT2D eigenvalue weighted by molar-refractivity contribution is -0.359. The minimum Gasteiger partial charge on any atom is -0.465 e. The lowest BCUT2D eigenvalue weighted by atomic mass is 9.52. The molecule has 1 aliphatic heterocycles. The van der Waals surface area contributed by atoms with Crippen molar-refractivity contribution in [3.8, 4) is 0 Å². The second-order valence-corrected chi connectivity index (χ2v) is 20.1. The van der Waals surface area contributed by atoms with Crippen LogP contribution in [0.3, 0.4) is 0 Å². The predicted octanol–water partition coefficient (Wildman–Crippen LogP) is 12.3. The van der Waals surface area contributed by atoms with E-state index in [0.29, 0.717) is 25.7 Å². The average molecular weight is 832 g/mol. The van der Waals surface area contributed by atoms with Crippen molar-refractivity contribution in [1.29, 1.82) is 0 Å². The fourth-order valence-electron chi connectivity index (χ4n) is 8.46. The first-order chi connectivity index (χ1) is 26.2. The van der Waals surface area contributed by atoms with E-state index in [0.717, 1.165) is 12.0 Å². The van der Waals surface area contributed by atoms with Crippen LogP contribution in [0.4, 0.5) is 22.0 Å². The van der Waals surface area contributed by atoms with Crippen LogP contribution in [0.5, 0.6) is 0 Å². The van der Waals surface area contributed by atoms with Crippen molar-refractivity contribution in [3.05, 3.63) is 35.9 Å². The maximum absolute atomic E-state index is 14.5. The van der Waals surface area contributed by atoms with Gasteiger partial charge in [-0.05, 0) is 94.4 Å². The smallest absolute Gasteiger partial charge is 0.456 e. The third kappa shape index (κ3) is 10.5. The van der Waals surface area contributed by atoms with Crippen LogP contribution in [-0.2, 0) is 28.7 Å². The number of halogens is 5. The summed E-state index contributed by atoms with van der Waals surface area (Å²) in [5.74, 6) is -8.17. The summed E-state index contributed by atoms with van der Waals surface area (Å²) < 4.78 is 79.9. The standard InChI is InChI=1S/C46H74F5NO6/c1-17-20-26-56-36(54)34(27-38(6,7)31(4)33-24-22-21-23-25-33)40(10,11)39(8,9)29-43(15,37(55)57-30-45(47,48)46(49,50)51)41(12,13)58-52-42(14,18-2)28-35(53)32(5)44(52,16)19-3/h21-25,31-32,34H,17-20,26-30H2,1-16H3. The van der Waals surface area contributed by atoms with Crippen LogP contribution in [0, 0.1) is 33.5 Å². The molecule has 0 bridgehead atoms. The van der Waals surface area contributed by atoms with Gasteiger partial charge < -0.3 is 9.47 Å². The largest absolute Gasteiger partial charge is 0.465 e. The Balaban J connectivity index is 2.82. The molecule has 1 aliphatic rings. The molecule has 0 radical (unpaired) electrons. The van der Waals surface area contributed by atoms with Crippen LogP contribution in [-0.4, -0.2) is 64.8 Å². The van der Waals surface area contributed by atoms with Crippen molar-refractivity contribution in [1.82, 2.24) is 5.06 Å². The van der Waals surface area contributed by atoms with E-state index in [1.54, 1.807) is 18.9 Å². The number of hydrogen-bond donors (Lipinski definition) is 0. The molecular weight excluding hydrogens is 757 g/mol. The zero-order chi connectivity index (χ0) is 45.1. The molecule has 6 unspecified atom stereocenters. The summed E-state index contributed by atoms with van der Waals surface area (Å²) >= 11 is 0. The maximum Gasteiger partial charge on any atom is 0.456 e. The Morgan fingerprint density at radius 1 is 0.879 bits per heavy atom. The Labute approximate surface area is 345 Å². The zero-order valence-corrected chi connectivity index (χ0v) is 38.3. The van der Waals surface area contributed by atoms with Crippen LogP contribution in [0.15, 0.2) is 30.3 Å². The molecule has 6 atom stereocenters. The molecule has 12 heteroatoms. The fourth-order valence-corrected chi connectivity index (χ4v) is 8.46. The molecule has 0 saturated carbocycles. The highest BCUT2D eigenvalue weighted by molar-refractivity contribution is 5.84. The fraction of sp³-hybridized carbons (Fsp3) is 0.804. The summed E-state index contributed by atoms with van der Waals surface area (Å²) in [7, 11) is 0. The maximum atomic E-state index is 14.5. The number of ketones is 1. The van der Waals surface area contributed by atoms with E-state index < -0.39 is 80.8 Å². The molecule has 1 saturated heterocycles. The molecule has 7 nitrogen and oxygen atoms in total. The number of ether oxygens (including phenoxy) is 2. The molecule has 0 aromatic heterocycles. The monoisotopic (exact) mass is 832 g/mol. The summed E-state index contributed by atoms with van der Waals surface area (Å²) in [5, 5.41) is 1.77.